The SMILES string of the molecule is COc1ccc(CCCN(C)c2cc(C)nc3ncnn23)cc1. The van der Waals surface area contributed by atoms with Crippen LogP contribution in [0.1, 0.15) is 17.7 Å². The number of hydrogen-bond acceptors (Lipinski definition) is 5. The molecule has 6 nitrogen and oxygen atoms in total. The summed E-state index contributed by atoms with van der Waals surface area (Å²) in [7, 11) is 3.76. The van der Waals surface area contributed by atoms with E-state index in [1.165, 1.54) is 11.9 Å². The van der Waals surface area contributed by atoms with Gasteiger partial charge in [0.15, 0.2) is 0 Å². The van der Waals surface area contributed by atoms with Gasteiger partial charge in [0.2, 0.25) is 0 Å². The Morgan fingerprint density at radius 3 is 2.74 bits per heavy atom. The number of ether oxygens (including phenoxy) is 1. The molecule has 0 fully saturated rings. The zero-order valence-electron chi connectivity index (χ0n) is 13.7. The summed E-state index contributed by atoms with van der Waals surface area (Å²) in [6, 6.07) is 10.3. The van der Waals surface area contributed by atoms with E-state index < -0.39 is 0 Å². The first-order valence-corrected chi connectivity index (χ1v) is 7.69. The van der Waals surface area contributed by atoms with E-state index in [0.29, 0.717) is 5.78 Å². The van der Waals surface area contributed by atoms with Gasteiger partial charge in [-0.05, 0) is 37.5 Å². The van der Waals surface area contributed by atoms with Crippen molar-refractivity contribution in [3.8, 4) is 5.75 Å². The van der Waals surface area contributed by atoms with Crippen LogP contribution in [0.15, 0.2) is 36.7 Å². The van der Waals surface area contributed by atoms with Gasteiger partial charge >= 0.3 is 0 Å². The molecule has 0 atom stereocenters. The van der Waals surface area contributed by atoms with Gasteiger partial charge in [-0.15, -0.1) is 0 Å². The van der Waals surface area contributed by atoms with Gasteiger partial charge in [-0.2, -0.15) is 14.6 Å². The Balaban J connectivity index is 1.64. The summed E-state index contributed by atoms with van der Waals surface area (Å²) >= 11 is 0. The van der Waals surface area contributed by atoms with Crippen molar-refractivity contribution >= 4 is 11.6 Å². The van der Waals surface area contributed by atoms with E-state index in [1.807, 2.05) is 25.1 Å². The second-order valence-corrected chi connectivity index (χ2v) is 5.60. The third kappa shape index (κ3) is 3.41. The van der Waals surface area contributed by atoms with Crippen LogP contribution in [0, 0.1) is 6.92 Å². The second-order valence-electron chi connectivity index (χ2n) is 5.60. The van der Waals surface area contributed by atoms with E-state index in [-0.39, 0.29) is 0 Å². The molecule has 0 unspecified atom stereocenters. The van der Waals surface area contributed by atoms with E-state index in [9.17, 15) is 0 Å². The normalized spacial score (nSPS) is 10.9. The van der Waals surface area contributed by atoms with E-state index in [1.54, 1.807) is 11.6 Å². The van der Waals surface area contributed by atoms with Crippen LogP contribution in [0.25, 0.3) is 5.78 Å². The Morgan fingerprint density at radius 2 is 2.00 bits per heavy atom. The van der Waals surface area contributed by atoms with Crippen molar-refractivity contribution in [2.75, 3.05) is 25.6 Å². The standard InChI is InChI=1S/C17H21N5O/c1-13-11-16(22-17(20-13)18-12-19-22)21(2)10-4-5-14-6-8-15(23-3)9-7-14/h6-9,11-12H,4-5,10H2,1-3H3. The van der Waals surface area contributed by atoms with Crippen LogP contribution < -0.4 is 9.64 Å². The monoisotopic (exact) mass is 311 g/mol. The molecule has 2 aromatic heterocycles. The van der Waals surface area contributed by atoms with E-state index in [2.05, 4.69) is 39.1 Å². The lowest BCUT2D eigenvalue weighted by molar-refractivity contribution is 0.414. The third-order valence-electron chi connectivity index (χ3n) is 3.87. The molecule has 0 aliphatic rings. The fraction of sp³-hybridized carbons (Fsp3) is 0.353. The Kier molecular flexibility index (Phi) is 4.41. The molecule has 0 aliphatic carbocycles. The number of methoxy groups -OCH3 is 1. The molecular formula is C17H21N5O. The fourth-order valence-corrected chi connectivity index (χ4v) is 2.61. The zero-order chi connectivity index (χ0) is 16.2. The molecule has 0 N–H and O–H groups in total. The Hall–Kier alpha value is -2.63. The fourth-order valence-electron chi connectivity index (χ4n) is 2.61. The van der Waals surface area contributed by atoms with Gasteiger partial charge in [0, 0.05) is 25.4 Å². The second kappa shape index (κ2) is 6.64. The van der Waals surface area contributed by atoms with Crippen molar-refractivity contribution in [2.24, 2.45) is 0 Å². The van der Waals surface area contributed by atoms with E-state index in [4.69, 9.17) is 4.74 Å². The Bertz CT molecular complexity index is 781. The van der Waals surface area contributed by atoms with Crippen molar-refractivity contribution in [3.63, 3.8) is 0 Å². The number of aromatic nitrogens is 4. The quantitative estimate of drug-likeness (QED) is 0.700. The summed E-state index contributed by atoms with van der Waals surface area (Å²) in [5.41, 5.74) is 2.26. The molecule has 0 spiro atoms. The molecule has 0 radical (unpaired) electrons. The number of fused-ring (bicyclic) bond motifs is 1. The van der Waals surface area contributed by atoms with E-state index >= 15 is 0 Å². The predicted octanol–water partition coefficient (Wildman–Crippen LogP) is 2.51. The molecule has 6 heteroatoms. The minimum absolute atomic E-state index is 0.641. The van der Waals surface area contributed by atoms with Gasteiger partial charge in [0.05, 0.1) is 7.11 Å². The van der Waals surface area contributed by atoms with Crippen LogP contribution in [0.5, 0.6) is 5.75 Å². The van der Waals surface area contributed by atoms with Gasteiger partial charge in [0.1, 0.15) is 17.9 Å². The number of hydrogen-bond donors (Lipinski definition) is 0. The number of rotatable bonds is 6. The van der Waals surface area contributed by atoms with Gasteiger partial charge in [-0.25, -0.2) is 4.98 Å². The number of nitrogens with zero attached hydrogens (tertiary/aromatic N) is 5. The molecule has 3 rings (SSSR count). The summed E-state index contributed by atoms with van der Waals surface area (Å²) in [6.07, 6.45) is 3.62. The summed E-state index contributed by atoms with van der Waals surface area (Å²) in [4.78, 5) is 10.7. The molecule has 0 amide bonds. The van der Waals surface area contributed by atoms with Crippen LogP contribution >= 0.6 is 0 Å². The molecular weight excluding hydrogens is 290 g/mol. The summed E-state index contributed by atoms with van der Waals surface area (Å²) in [6.45, 7) is 2.91. The topological polar surface area (TPSA) is 55.5 Å². The highest BCUT2D eigenvalue weighted by Gasteiger charge is 2.09. The van der Waals surface area contributed by atoms with Crippen LogP contribution in [0.2, 0.25) is 0 Å². The molecule has 0 saturated carbocycles. The predicted molar refractivity (Wildman–Crippen MR) is 90.1 cm³/mol. The van der Waals surface area contributed by atoms with Gasteiger partial charge < -0.3 is 9.64 Å². The minimum atomic E-state index is 0.641. The molecule has 0 aliphatic heterocycles. The van der Waals surface area contributed by atoms with Crippen molar-refractivity contribution in [1.82, 2.24) is 19.6 Å². The number of aryl methyl sites for hydroxylation is 2. The lowest BCUT2D eigenvalue weighted by Crippen LogP contribution is -2.22. The first-order chi connectivity index (χ1) is 11.2. The maximum atomic E-state index is 5.18. The molecule has 120 valence electrons. The molecule has 2 heterocycles. The molecule has 0 saturated heterocycles. The minimum Gasteiger partial charge on any atom is -0.497 e. The largest absolute Gasteiger partial charge is 0.497 e. The highest BCUT2D eigenvalue weighted by Crippen LogP contribution is 2.16. The third-order valence-corrected chi connectivity index (χ3v) is 3.87. The Morgan fingerprint density at radius 1 is 1.22 bits per heavy atom. The lowest BCUT2D eigenvalue weighted by Gasteiger charge is -2.20. The van der Waals surface area contributed by atoms with Crippen molar-refractivity contribution in [3.05, 3.63) is 47.9 Å². The lowest BCUT2D eigenvalue weighted by atomic mass is 10.1. The maximum absolute atomic E-state index is 5.18. The van der Waals surface area contributed by atoms with Crippen LogP contribution in [0.3, 0.4) is 0 Å². The average Bonchev–Trinajstić information content (AvgIpc) is 3.02. The van der Waals surface area contributed by atoms with Gasteiger partial charge in [-0.3, -0.25) is 0 Å². The summed E-state index contributed by atoms with van der Waals surface area (Å²) < 4.78 is 6.96. The van der Waals surface area contributed by atoms with Gasteiger partial charge in [0.25, 0.3) is 5.78 Å². The van der Waals surface area contributed by atoms with Crippen molar-refractivity contribution in [2.45, 2.75) is 19.8 Å². The van der Waals surface area contributed by atoms with Gasteiger partial charge in [-0.1, -0.05) is 12.1 Å². The highest BCUT2D eigenvalue weighted by atomic mass is 16.5. The molecule has 23 heavy (non-hydrogen) atoms. The van der Waals surface area contributed by atoms with Crippen LogP contribution in [-0.2, 0) is 6.42 Å². The summed E-state index contributed by atoms with van der Waals surface area (Å²) in [5.74, 6) is 2.55. The smallest absolute Gasteiger partial charge is 0.254 e. The Labute approximate surface area is 135 Å². The average molecular weight is 311 g/mol. The molecule has 3 aromatic rings. The number of anilines is 1. The zero-order valence-corrected chi connectivity index (χ0v) is 13.7. The van der Waals surface area contributed by atoms with Crippen LogP contribution in [0.4, 0.5) is 5.82 Å². The first kappa shape index (κ1) is 15.3. The van der Waals surface area contributed by atoms with Crippen molar-refractivity contribution in [1.29, 1.82) is 0 Å². The molecule has 0 bridgehead atoms. The highest BCUT2D eigenvalue weighted by molar-refractivity contribution is 5.46. The van der Waals surface area contributed by atoms with Crippen molar-refractivity contribution < 1.29 is 4.74 Å². The molecule has 1 aromatic carbocycles. The van der Waals surface area contributed by atoms with E-state index in [0.717, 1.165) is 36.6 Å². The number of benzene rings is 1. The maximum Gasteiger partial charge on any atom is 0.254 e. The van der Waals surface area contributed by atoms with Crippen LogP contribution in [-0.4, -0.2) is 40.3 Å². The summed E-state index contributed by atoms with van der Waals surface area (Å²) in [5, 5.41) is 4.25. The first-order valence-electron chi connectivity index (χ1n) is 7.69.